The van der Waals surface area contributed by atoms with E-state index in [1.165, 1.54) is 20.5 Å². The predicted octanol–water partition coefficient (Wildman–Crippen LogP) is 3.00. The number of ketones is 1. The number of methoxy groups -OCH3 is 1. The summed E-state index contributed by atoms with van der Waals surface area (Å²) in [6.45, 7) is 2.66. The molecular weight excluding hydrogens is 362 g/mol. The summed E-state index contributed by atoms with van der Waals surface area (Å²) in [7, 11) is 3.22. The molecule has 0 unspecified atom stereocenters. The van der Waals surface area contributed by atoms with Crippen LogP contribution in [0.4, 0.5) is 0 Å². The number of carbonyl (C=O) groups excluding carboxylic acids is 3. The first-order valence-corrected chi connectivity index (χ1v) is 9.61. The van der Waals surface area contributed by atoms with Crippen molar-refractivity contribution in [1.29, 1.82) is 0 Å². The number of nitrogens with zero attached hydrogens (tertiary/aromatic N) is 1. The number of esters is 1. The van der Waals surface area contributed by atoms with E-state index in [2.05, 4.69) is 0 Å². The number of benzene rings is 1. The van der Waals surface area contributed by atoms with Gasteiger partial charge in [-0.2, -0.15) is 0 Å². The Morgan fingerprint density at radius 1 is 1.14 bits per heavy atom. The van der Waals surface area contributed by atoms with Crippen molar-refractivity contribution in [3.63, 3.8) is 0 Å². The van der Waals surface area contributed by atoms with Gasteiger partial charge in [0.25, 0.3) is 5.91 Å². The fourth-order valence-corrected chi connectivity index (χ4v) is 3.36. The summed E-state index contributed by atoms with van der Waals surface area (Å²) in [4.78, 5) is 37.7. The van der Waals surface area contributed by atoms with Crippen LogP contribution < -0.4 is 9.47 Å². The molecule has 2 rings (SSSR count). The normalized spacial score (nSPS) is 15.4. The maximum absolute atomic E-state index is 12.5. The topological polar surface area (TPSA) is 82.1 Å². The molecule has 0 N–H and O–H groups in total. The van der Waals surface area contributed by atoms with E-state index in [1.54, 1.807) is 37.1 Å². The highest BCUT2D eigenvalue weighted by Gasteiger charge is 2.27. The molecule has 0 heterocycles. The highest BCUT2D eigenvalue weighted by Crippen LogP contribution is 2.28. The first-order valence-electron chi connectivity index (χ1n) is 9.61. The number of likely N-dealkylation sites (N-methyl/N-ethyl adjacent to an activating group) is 1. The molecule has 1 aromatic rings. The fraction of sp³-hybridized carbons (Fsp3) is 0.571. The van der Waals surface area contributed by atoms with Crippen LogP contribution >= 0.6 is 0 Å². The Morgan fingerprint density at radius 2 is 1.82 bits per heavy atom. The van der Waals surface area contributed by atoms with Gasteiger partial charge >= 0.3 is 5.97 Å². The van der Waals surface area contributed by atoms with E-state index in [-0.39, 0.29) is 24.3 Å². The van der Waals surface area contributed by atoms with Gasteiger partial charge in [-0.25, -0.2) is 4.79 Å². The average molecular weight is 391 g/mol. The van der Waals surface area contributed by atoms with Gasteiger partial charge in [0.2, 0.25) is 0 Å². The summed E-state index contributed by atoms with van der Waals surface area (Å²) in [5.74, 6) is -0.276. The van der Waals surface area contributed by atoms with Gasteiger partial charge in [0.05, 0.1) is 7.11 Å². The first kappa shape index (κ1) is 21.7. The number of carbonyl (C=O) groups is 3. The second-order valence-corrected chi connectivity index (χ2v) is 7.08. The Morgan fingerprint density at radius 3 is 2.43 bits per heavy atom. The number of ether oxygens (including phenoxy) is 3. The molecule has 7 heteroatoms. The summed E-state index contributed by atoms with van der Waals surface area (Å²) >= 11 is 0. The molecule has 0 saturated heterocycles. The molecule has 0 radical (unpaired) electrons. The molecule has 28 heavy (non-hydrogen) atoms. The zero-order chi connectivity index (χ0) is 20.7. The van der Waals surface area contributed by atoms with Gasteiger partial charge in [-0.05, 0) is 44.9 Å². The minimum atomic E-state index is -0.870. The van der Waals surface area contributed by atoms with Gasteiger partial charge in [-0.3, -0.25) is 9.59 Å². The molecule has 0 aliphatic heterocycles. The van der Waals surface area contributed by atoms with E-state index in [4.69, 9.17) is 14.2 Å². The van der Waals surface area contributed by atoms with Crippen LogP contribution in [0.2, 0.25) is 0 Å². The van der Waals surface area contributed by atoms with E-state index in [9.17, 15) is 14.4 Å². The Balaban J connectivity index is 1.87. The fourth-order valence-electron chi connectivity index (χ4n) is 3.36. The molecule has 1 atom stereocenters. The largest absolute Gasteiger partial charge is 0.493 e. The van der Waals surface area contributed by atoms with Crippen LogP contribution in [0.5, 0.6) is 11.5 Å². The van der Waals surface area contributed by atoms with Crippen molar-refractivity contribution in [3.05, 3.63) is 23.8 Å². The number of Topliss-reactive ketones (excluding diaryl/α,β-unsaturated/α-hetero) is 1. The van der Waals surface area contributed by atoms with E-state index >= 15 is 0 Å². The van der Waals surface area contributed by atoms with E-state index in [1.807, 2.05) is 0 Å². The lowest BCUT2D eigenvalue weighted by Gasteiger charge is -2.32. The monoisotopic (exact) mass is 391 g/mol. The molecule has 0 spiro atoms. The van der Waals surface area contributed by atoms with E-state index in [0.29, 0.717) is 17.1 Å². The minimum absolute atomic E-state index is 0.0984. The van der Waals surface area contributed by atoms with Crippen LogP contribution in [0.25, 0.3) is 0 Å². The third-order valence-corrected chi connectivity index (χ3v) is 5.04. The van der Waals surface area contributed by atoms with Gasteiger partial charge < -0.3 is 19.1 Å². The van der Waals surface area contributed by atoms with Crippen molar-refractivity contribution in [2.45, 2.75) is 58.1 Å². The Hall–Kier alpha value is -2.57. The zero-order valence-electron chi connectivity index (χ0n) is 17.0. The molecule has 0 aromatic heterocycles. The third kappa shape index (κ3) is 5.71. The Kier molecular flexibility index (Phi) is 7.84. The van der Waals surface area contributed by atoms with Gasteiger partial charge in [-0.1, -0.05) is 19.3 Å². The smallest absolute Gasteiger partial charge is 0.344 e. The zero-order valence-corrected chi connectivity index (χ0v) is 17.0. The van der Waals surface area contributed by atoms with Crippen molar-refractivity contribution in [1.82, 2.24) is 4.90 Å². The molecule has 1 aliphatic carbocycles. The standard InChI is InChI=1S/C21H29NO6/c1-14(23)16-10-11-18(19(12-16)26-4)27-13-20(24)28-15(2)21(25)22(3)17-8-6-5-7-9-17/h10-12,15,17H,5-9,13H2,1-4H3/t15-/m0/s1. The molecule has 1 fully saturated rings. The molecule has 0 bridgehead atoms. The highest BCUT2D eigenvalue weighted by molar-refractivity contribution is 5.94. The average Bonchev–Trinajstić information content (AvgIpc) is 2.71. The maximum Gasteiger partial charge on any atom is 0.344 e. The maximum atomic E-state index is 12.5. The lowest BCUT2D eigenvalue weighted by molar-refractivity contribution is -0.161. The third-order valence-electron chi connectivity index (χ3n) is 5.04. The molecular formula is C21H29NO6. The lowest BCUT2D eigenvalue weighted by atomic mass is 9.94. The van der Waals surface area contributed by atoms with Crippen LogP contribution in [0.1, 0.15) is 56.3 Å². The SMILES string of the molecule is COc1cc(C(C)=O)ccc1OCC(=O)O[C@@H](C)C(=O)N(C)C1CCCCC1. The Labute approximate surface area is 165 Å². The molecule has 154 valence electrons. The lowest BCUT2D eigenvalue weighted by Crippen LogP contribution is -2.44. The van der Waals surface area contributed by atoms with Crippen LogP contribution in [0.3, 0.4) is 0 Å². The molecule has 1 aromatic carbocycles. The minimum Gasteiger partial charge on any atom is -0.493 e. The van der Waals surface area contributed by atoms with E-state index in [0.717, 1.165) is 25.7 Å². The number of hydrogen-bond acceptors (Lipinski definition) is 6. The first-order chi connectivity index (χ1) is 13.3. The van der Waals surface area contributed by atoms with Crippen LogP contribution in [-0.2, 0) is 14.3 Å². The van der Waals surface area contributed by atoms with Gasteiger partial charge in [-0.15, -0.1) is 0 Å². The quantitative estimate of drug-likeness (QED) is 0.500. The molecule has 1 amide bonds. The number of rotatable bonds is 8. The summed E-state index contributed by atoms with van der Waals surface area (Å²) < 4.78 is 15.9. The summed E-state index contributed by atoms with van der Waals surface area (Å²) in [5.41, 5.74) is 0.483. The van der Waals surface area contributed by atoms with Gasteiger partial charge in [0, 0.05) is 18.7 Å². The van der Waals surface area contributed by atoms with Crippen molar-refractivity contribution in [2.24, 2.45) is 0 Å². The van der Waals surface area contributed by atoms with Crippen molar-refractivity contribution >= 4 is 17.7 Å². The molecule has 7 nitrogen and oxygen atoms in total. The van der Waals surface area contributed by atoms with Crippen molar-refractivity contribution < 1.29 is 28.6 Å². The van der Waals surface area contributed by atoms with Gasteiger partial charge in [0.1, 0.15) is 0 Å². The van der Waals surface area contributed by atoms with Crippen molar-refractivity contribution in [2.75, 3.05) is 20.8 Å². The summed E-state index contributed by atoms with van der Waals surface area (Å²) in [5, 5.41) is 0. The number of amides is 1. The second-order valence-electron chi connectivity index (χ2n) is 7.08. The number of hydrogen-bond donors (Lipinski definition) is 0. The van der Waals surface area contributed by atoms with Crippen LogP contribution in [-0.4, -0.2) is 55.5 Å². The van der Waals surface area contributed by atoms with Crippen LogP contribution in [0.15, 0.2) is 18.2 Å². The molecule has 1 saturated carbocycles. The van der Waals surface area contributed by atoms with Crippen LogP contribution in [0, 0.1) is 0 Å². The summed E-state index contributed by atoms with van der Waals surface area (Å²) in [6, 6.07) is 4.92. The van der Waals surface area contributed by atoms with Crippen molar-refractivity contribution in [3.8, 4) is 11.5 Å². The predicted molar refractivity (Wildman–Crippen MR) is 104 cm³/mol. The highest BCUT2D eigenvalue weighted by atomic mass is 16.6. The second kappa shape index (κ2) is 10.1. The molecule has 1 aliphatic rings. The Bertz CT molecular complexity index is 711. The van der Waals surface area contributed by atoms with Gasteiger partial charge in [0.15, 0.2) is 30.0 Å². The summed E-state index contributed by atoms with van der Waals surface area (Å²) in [6.07, 6.45) is 4.55. The van der Waals surface area contributed by atoms with E-state index < -0.39 is 12.1 Å².